The first-order chi connectivity index (χ1) is 18.2. The third kappa shape index (κ3) is 4.39. The summed E-state index contributed by atoms with van der Waals surface area (Å²) in [5, 5.41) is 7.29. The van der Waals surface area contributed by atoms with Crippen molar-refractivity contribution in [3.8, 4) is 11.8 Å². The Morgan fingerprint density at radius 3 is 2.89 bits per heavy atom. The van der Waals surface area contributed by atoms with Gasteiger partial charge in [0, 0.05) is 40.8 Å². The average Bonchev–Trinajstić information content (AvgIpc) is 3.19. The Balaban J connectivity index is 1.34. The Kier molecular flexibility index (Phi) is 6.07. The minimum Gasteiger partial charge on any atom is -0.418 e. The maximum absolute atomic E-state index is 12.9. The summed E-state index contributed by atoms with van der Waals surface area (Å²) in [5.41, 5.74) is 2.29. The van der Waals surface area contributed by atoms with Crippen molar-refractivity contribution < 1.29 is 14.3 Å². The quantitative estimate of drug-likeness (QED) is 0.348. The molecule has 1 fully saturated rings. The highest BCUT2D eigenvalue weighted by Crippen LogP contribution is 2.40. The van der Waals surface area contributed by atoms with Crippen LogP contribution >= 0.6 is 22.9 Å². The number of carbonyl (C=O) groups is 2. The van der Waals surface area contributed by atoms with Gasteiger partial charge in [-0.2, -0.15) is 4.98 Å². The van der Waals surface area contributed by atoms with Crippen molar-refractivity contribution in [2.24, 2.45) is 5.41 Å². The molecular weight excluding hydrogens is 526 g/mol. The highest BCUT2D eigenvalue weighted by molar-refractivity contribution is 7.21. The standard InChI is InChI=1S/C26H26ClN7O3S/c1-13-9-28-20-18-16(38-21(20)22(35)31-13)6-5-15-19(18)29-11-17(32-15)37-23-14(10-30-25(27)33-23)12-34-8-4-7-26(2,3)24(34)36/h5-6,10-11,13,28H,4,7-9,12H2,1-3H3,(H,31,35)/t13-/m1/s1. The van der Waals surface area contributed by atoms with Crippen LogP contribution < -0.4 is 15.4 Å². The number of ether oxygens (including phenoxy) is 1. The van der Waals surface area contributed by atoms with E-state index in [1.807, 2.05) is 32.9 Å². The van der Waals surface area contributed by atoms with Crippen molar-refractivity contribution in [1.82, 2.24) is 30.2 Å². The smallest absolute Gasteiger partial charge is 0.263 e. The largest absolute Gasteiger partial charge is 0.418 e. The van der Waals surface area contributed by atoms with Crippen LogP contribution in [0.3, 0.4) is 0 Å². The van der Waals surface area contributed by atoms with Crippen LogP contribution in [0.5, 0.6) is 11.8 Å². The fourth-order valence-corrected chi connectivity index (χ4v) is 6.21. The van der Waals surface area contributed by atoms with E-state index in [0.717, 1.165) is 28.6 Å². The van der Waals surface area contributed by atoms with Crippen LogP contribution in [0.4, 0.5) is 5.69 Å². The van der Waals surface area contributed by atoms with E-state index in [1.165, 1.54) is 17.5 Å². The Bertz CT molecular complexity index is 1610. The van der Waals surface area contributed by atoms with Gasteiger partial charge < -0.3 is 20.3 Å². The number of amides is 2. The Morgan fingerprint density at radius 1 is 1.21 bits per heavy atom. The number of carbonyl (C=O) groups excluding carboxylic acids is 2. The summed E-state index contributed by atoms with van der Waals surface area (Å²) < 4.78 is 7.01. The molecule has 38 heavy (non-hydrogen) atoms. The van der Waals surface area contributed by atoms with Crippen molar-refractivity contribution >= 4 is 61.6 Å². The number of nitrogens with zero attached hydrogens (tertiary/aromatic N) is 5. The molecule has 0 radical (unpaired) electrons. The zero-order valence-corrected chi connectivity index (χ0v) is 22.7. The fourth-order valence-electron chi connectivity index (χ4n) is 5.00. The summed E-state index contributed by atoms with van der Waals surface area (Å²) in [6.45, 7) is 7.47. The number of aromatic nitrogens is 4. The monoisotopic (exact) mass is 551 g/mol. The number of hydrogen-bond acceptors (Lipinski definition) is 9. The molecule has 2 N–H and O–H groups in total. The molecule has 0 aliphatic carbocycles. The van der Waals surface area contributed by atoms with E-state index in [9.17, 15) is 9.59 Å². The summed E-state index contributed by atoms with van der Waals surface area (Å²) >= 11 is 7.52. The Labute approximate surface area is 227 Å². The molecule has 4 aromatic rings. The number of benzene rings is 1. The van der Waals surface area contributed by atoms with Gasteiger partial charge in [0.15, 0.2) is 0 Å². The van der Waals surface area contributed by atoms with E-state index in [1.54, 1.807) is 11.1 Å². The average molecular weight is 552 g/mol. The number of hydrogen-bond donors (Lipinski definition) is 2. The molecular formula is C26H26ClN7O3S. The molecule has 1 aromatic carbocycles. The van der Waals surface area contributed by atoms with Gasteiger partial charge in [-0.3, -0.25) is 9.59 Å². The minimum absolute atomic E-state index is 0.0124. The van der Waals surface area contributed by atoms with Crippen molar-refractivity contribution in [3.05, 3.63) is 40.3 Å². The van der Waals surface area contributed by atoms with Crippen molar-refractivity contribution in [1.29, 1.82) is 0 Å². The summed E-state index contributed by atoms with van der Waals surface area (Å²) in [6.07, 6.45) is 4.89. The van der Waals surface area contributed by atoms with E-state index in [2.05, 4.69) is 30.6 Å². The van der Waals surface area contributed by atoms with Gasteiger partial charge in [-0.05, 0) is 43.5 Å². The lowest BCUT2D eigenvalue weighted by Crippen LogP contribution is -2.45. The molecule has 12 heteroatoms. The van der Waals surface area contributed by atoms with E-state index >= 15 is 0 Å². The van der Waals surface area contributed by atoms with Gasteiger partial charge in [0.2, 0.25) is 23.0 Å². The molecule has 0 saturated carbocycles. The molecule has 0 unspecified atom stereocenters. The van der Waals surface area contributed by atoms with Crippen LogP contribution in [-0.2, 0) is 11.3 Å². The second-order valence-corrected chi connectivity index (χ2v) is 11.8. The summed E-state index contributed by atoms with van der Waals surface area (Å²) in [4.78, 5) is 45.8. The lowest BCUT2D eigenvalue weighted by Gasteiger charge is -2.37. The van der Waals surface area contributed by atoms with E-state index in [-0.39, 0.29) is 34.9 Å². The maximum atomic E-state index is 12.9. The van der Waals surface area contributed by atoms with Gasteiger partial charge in [-0.15, -0.1) is 11.3 Å². The van der Waals surface area contributed by atoms with Gasteiger partial charge in [0.1, 0.15) is 4.88 Å². The van der Waals surface area contributed by atoms with Gasteiger partial charge >= 0.3 is 0 Å². The van der Waals surface area contributed by atoms with Crippen LogP contribution in [0.1, 0.15) is 48.8 Å². The number of nitrogens with one attached hydrogen (secondary N) is 2. The second kappa shape index (κ2) is 9.32. The molecule has 1 saturated heterocycles. The number of thiophene rings is 1. The lowest BCUT2D eigenvalue weighted by molar-refractivity contribution is -0.144. The van der Waals surface area contributed by atoms with Gasteiger partial charge in [0.05, 0.1) is 35.0 Å². The fraction of sp³-hybridized carbons (Fsp3) is 0.385. The molecule has 1 atom stereocenters. The highest BCUT2D eigenvalue weighted by atomic mass is 35.5. The lowest BCUT2D eigenvalue weighted by atomic mass is 9.83. The molecule has 2 aliphatic heterocycles. The van der Waals surface area contributed by atoms with Crippen molar-refractivity contribution in [3.63, 3.8) is 0 Å². The van der Waals surface area contributed by atoms with Gasteiger partial charge in [-0.25, -0.2) is 15.0 Å². The zero-order chi connectivity index (χ0) is 26.6. The normalized spacial score (nSPS) is 19.2. The Morgan fingerprint density at radius 2 is 2.05 bits per heavy atom. The first kappa shape index (κ1) is 24.7. The van der Waals surface area contributed by atoms with E-state index in [0.29, 0.717) is 41.1 Å². The number of halogens is 1. The summed E-state index contributed by atoms with van der Waals surface area (Å²) in [5.74, 6) is 0.459. The van der Waals surface area contributed by atoms with E-state index < -0.39 is 5.41 Å². The molecule has 2 amide bonds. The first-order valence-electron chi connectivity index (χ1n) is 12.5. The topological polar surface area (TPSA) is 122 Å². The molecule has 5 heterocycles. The number of fused-ring (bicyclic) bond motifs is 5. The van der Waals surface area contributed by atoms with Crippen LogP contribution in [0.25, 0.3) is 21.1 Å². The molecule has 0 bridgehead atoms. The maximum Gasteiger partial charge on any atom is 0.263 e. The third-order valence-corrected chi connectivity index (χ3v) is 8.30. The van der Waals surface area contributed by atoms with Crippen LogP contribution in [0, 0.1) is 5.41 Å². The third-order valence-electron chi connectivity index (χ3n) is 6.96. The van der Waals surface area contributed by atoms with Crippen LogP contribution in [0.15, 0.2) is 24.5 Å². The second-order valence-electron chi connectivity index (χ2n) is 10.4. The molecule has 6 rings (SSSR count). The minimum atomic E-state index is -0.408. The first-order valence-corrected chi connectivity index (χ1v) is 13.6. The van der Waals surface area contributed by atoms with E-state index in [4.69, 9.17) is 16.3 Å². The highest BCUT2D eigenvalue weighted by Gasteiger charge is 2.36. The SMILES string of the molecule is C[C@@H]1CNc2c(sc3ccc4nc(Oc5nc(Cl)ncc5CN5CCCC(C)(C)C5=O)cnc4c23)C(=O)N1. The Hall–Kier alpha value is -3.57. The van der Waals surface area contributed by atoms with Gasteiger partial charge in [0.25, 0.3) is 5.91 Å². The molecule has 10 nitrogen and oxygen atoms in total. The summed E-state index contributed by atoms with van der Waals surface area (Å²) in [7, 11) is 0. The molecule has 3 aromatic heterocycles. The van der Waals surface area contributed by atoms with Gasteiger partial charge in [-0.1, -0.05) is 13.8 Å². The van der Waals surface area contributed by atoms with Crippen LogP contribution in [0.2, 0.25) is 5.28 Å². The molecule has 196 valence electrons. The number of piperidine rings is 1. The van der Waals surface area contributed by atoms with Crippen molar-refractivity contribution in [2.75, 3.05) is 18.4 Å². The van der Waals surface area contributed by atoms with Crippen LogP contribution in [-0.4, -0.2) is 55.8 Å². The molecule has 0 spiro atoms. The molecule has 2 aliphatic rings. The number of rotatable bonds is 4. The summed E-state index contributed by atoms with van der Waals surface area (Å²) in [6, 6.07) is 3.80. The van der Waals surface area contributed by atoms with Crippen molar-refractivity contribution in [2.45, 2.75) is 46.2 Å². The number of anilines is 1. The number of likely N-dealkylation sites (tertiary alicyclic amines) is 1. The predicted molar refractivity (Wildman–Crippen MR) is 146 cm³/mol. The predicted octanol–water partition coefficient (Wildman–Crippen LogP) is 4.77. The zero-order valence-electron chi connectivity index (χ0n) is 21.2.